The molecule has 0 spiro atoms. The van der Waals surface area contributed by atoms with Gasteiger partial charge in [-0.05, 0) is 87.0 Å². The highest BCUT2D eigenvalue weighted by Gasteiger charge is 2.43. The van der Waals surface area contributed by atoms with Gasteiger partial charge in [-0.3, -0.25) is 4.99 Å². The van der Waals surface area contributed by atoms with Gasteiger partial charge >= 0.3 is 0 Å². The van der Waals surface area contributed by atoms with E-state index in [-0.39, 0.29) is 12.1 Å². The molecule has 2 aliphatic rings. The summed E-state index contributed by atoms with van der Waals surface area (Å²) < 4.78 is 9.08. The topological polar surface area (TPSA) is 33.7 Å². The van der Waals surface area contributed by atoms with Crippen molar-refractivity contribution in [3.8, 4) is 5.69 Å². The van der Waals surface area contributed by atoms with Crippen LogP contribution in [0.25, 0.3) is 49.4 Å². The molecule has 4 heterocycles. The lowest BCUT2D eigenvalue weighted by molar-refractivity contribution is 0.659. The lowest BCUT2D eigenvalue weighted by Crippen LogP contribution is -2.74. The van der Waals surface area contributed by atoms with Gasteiger partial charge < -0.3 is 13.9 Å². The summed E-state index contributed by atoms with van der Waals surface area (Å²) >= 11 is 0. The third kappa shape index (κ3) is 4.71. The zero-order chi connectivity index (χ0) is 38.2. The maximum atomic E-state index is 6.65. The fourth-order valence-electron chi connectivity index (χ4n) is 10.1. The molecule has 0 saturated heterocycles. The van der Waals surface area contributed by atoms with Crippen molar-refractivity contribution in [1.82, 2.24) is 4.57 Å². The van der Waals surface area contributed by atoms with Crippen molar-refractivity contribution in [3.63, 3.8) is 0 Å². The fourth-order valence-corrected chi connectivity index (χ4v) is 14.8. The molecule has 2 unspecified atom stereocenters. The molecule has 4 nitrogen and oxygen atoms in total. The van der Waals surface area contributed by atoms with Gasteiger partial charge in [-0.15, -0.1) is 0 Å². The van der Waals surface area contributed by atoms with E-state index in [0.29, 0.717) is 0 Å². The van der Waals surface area contributed by atoms with Gasteiger partial charge in [0.15, 0.2) is 8.07 Å². The second-order valence-electron chi connectivity index (χ2n) is 15.4. The number of nitrogens with zero attached hydrogens (tertiary/aromatic N) is 3. The summed E-state index contributed by atoms with van der Waals surface area (Å²) in [5, 5.41) is 9.93. The van der Waals surface area contributed by atoms with Crippen LogP contribution in [0.15, 0.2) is 216 Å². The largest absolute Gasteiger partial charge is 0.455 e. The quantitative estimate of drug-likeness (QED) is 0.125. The van der Waals surface area contributed by atoms with E-state index < -0.39 is 8.07 Å². The van der Waals surface area contributed by atoms with E-state index in [1.807, 2.05) is 12.3 Å². The van der Waals surface area contributed by atoms with Crippen molar-refractivity contribution in [2.75, 3.05) is 4.90 Å². The van der Waals surface area contributed by atoms with E-state index in [2.05, 4.69) is 210 Å². The molecule has 0 aliphatic carbocycles. The Morgan fingerprint density at radius 3 is 1.98 bits per heavy atom. The molecule has 2 aliphatic heterocycles. The lowest BCUT2D eigenvalue weighted by Gasteiger charge is -2.35. The molecule has 2 aromatic heterocycles. The highest BCUT2D eigenvalue weighted by atomic mass is 28.3. The molecule has 2 atom stereocenters. The molecule has 0 bridgehead atoms. The molecule has 12 rings (SSSR count). The second kappa shape index (κ2) is 12.9. The van der Waals surface area contributed by atoms with Gasteiger partial charge in [-0.25, -0.2) is 0 Å². The third-order valence-corrected chi connectivity index (χ3v) is 17.3. The highest BCUT2D eigenvalue weighted by molar-refractivity contribution is 7.19. The van der Waals surface area contributed by atoms with E-state index >= 15 is 0 Å². The maximum absolute atomic E-state index is 6.65. The summed E-state index contributed by atoms with van der Waals surface area (Å²) in [6.07, 6.45) is 6.32. The van der Waals surface area contributed by atoms with Gasteiger partial charge in [0.25, 0.3) is 0 Å². The van der Waals surface area contributed by atoms with Gasteiger partial charge in [-0.1, -0.05) is 146 Å². The molecule has 0 radical (unpaired) electrons. The Hall–Kier alpha value is -7.21. The Labute approximate surface area is 337 Å². The Bertz CT molecular complexity index is 3210. The Balaban J connectivity index is 1.08. The van der Waals surface area contributed by atoms with Gasteiger partial charge in [0.05, 0.1) is 16.4 Å². The lowest BCUT2D eigenvalue weighted by atomic mass is 9.97. The number of rotatable bonds is 6. The van der Waals surface area contributed by atoms with Crippen molar-refractivity contribution < 1.29 is 4.42 Å². The maximum Gasteiger partial charge on any atom is 0.179 e. The van der Waals surface area contributed by atoms with E-state index in [4.69, 9.17) is 9.41 Å². The molecule has 0 amide bonds. The number of allylic oxidation sites excluding steroid dienone is 1. The molecule has 8 aromatic carbocycles. The average molecular weight is 760 g/mol. The zero-order valence-electron chi connectivity index (χ0n) is 31.6. The molecule has 274 valence electrons. The van der Waals surface area contributed by atoms with Crippen molar-refractivity contribution in [2.45, 2.75) is 12.1 Å². The second-order valence-corrected chi connectivity index (χ2v) is 19.2. The number of hydrogen-bond donors (Lipinski definition) is 0. The number of fused-ring (bicyclic) bond motifs is 10. The minimum Gasteiger partial charge on any atom is -0.455 e. The molecular formula is C53H37N3OSi. The summed E-state index contributed by atoms with van der Waals surface area (Å²) in [5.74, 6) is 0.231. The smallest absolute Gasteiger partial charge is 0.179 e. The van der Waals surface area contributed by atoms with Crippen LogP contribution in [-0.4, -0.2) is 25.0 Å². The number of anilines is 2. The summed E-state index contributed by atoms with van der Waals surface area (Å²) in [5.41, 5.74) is 8.96. The SMILES string of the molecule is C1=CC2c3ccccc3N(c3ccc([Si](c4ccccc4)(c4ccccc4)c4cccc(-n5c6ccccc6c6c7oc8ccccc8c7ccc65)c4)cc3)C2N=C1. The van der Waals surface area contributed by atoms with E-state index in [1.165, 1.54) is 37.4 Å². The minimum atomic E-state index is -2.90. The Morgan fingerprint density at radius 1 is 0.500 bits per heavy atom. The molecule has 10 aromatic rings. The van der Waals surface area contributed by atoms with Crippen molar-refractivity contribution in [3.05, 3.63) is 212 Å². The summed E-state index contributed by atoms with van der Waals surface area (Å²) in [6.45, 7) is 0. The third-order valence-electron chi connectivity index (χ3n) is 12.5. The summed E-state index contributed by atoms with van der Waals surface area (Å²) in [4.78, 5) is 7.41. The number of hydrogen-bond acceptors (Lipinski definition) is 3. The fraction of sp³-hybridized carbons (Fsp3) is 0.0377. The number of aromatic nitrogens is 1. The molecule has 0 N–H and O–H groups in total. The van der Waals surface area contributed by atoms with Gasteiger partial charge in [-0.2, -0.15) is 0 Å². The van der Waals surface area contributed by atoms with Crippen LogP contribution < -0.4 is 25.6 Å². The molecule has 58 heavy (non-hydrogen) atoms. The van der Waals surface area contributed by atoms with Crippen LogP contribution in [-0.2, 0) is 0 Å². The van der Waals surface area contributed by atoms with Crippen LogP contribution >= 0.6 is 0 Å². The van der Waals surface area contributed by atoms with Crippen LogP contribution in [0.4, 0.5) is 11.4 Å². The van der Waals surface area contributed by atoms with Crippen molar-refractivity contribution in [2.24, 2.45) is 4.99 Å². The van der Waals surface area contributed by atoms with Crippen molar-refractivity contribution >= 4 is 90.2 Å². The number of benzene rings is 8. The number of aliphatic imine (C=N–C) groups is 1. The summed E-state index contributed by atoms with van der Waals surface area (Å²) in [7, 11) is -2.90. The first-order chi connectivity index (χ1) is 28.8. The first-order valence-corrected chi connectivity index (χ1v) is 22.0. The number of furan rings is 1. The predicted molar refractivity (Wildman–Crippen MR) is 244 cm³/mol. The van der Waals surface area contributed by atoms with Gasteiger partial charge in [0.2, 0.25) is 0 Å². The summed E-state index contributed by atoms with van der Waals surface area (Å²) in [6, 6.07) is 71.5. The number of para-hydroxylation sites is 3. The first kappa shape index (κ1) is 33.0. The zero-order valence-corrected chi connectivity index (χ0v) is 32.6. The van der Waals surface area contributed by atoms with Crippen LogP contribution in [0.5, 0.6) is 0 Å². The standard InChI is InChI=1S/C53H37N3OSi/c1-3-16-38(17-4-1)58(39-18-5-2-6-19-39,40-30-28-36(29-31-40)56-47-25-10-7-21-42(47)45-24-14-34-54-53(45)56)41-20-13-15-37(35-41)55-48-26-11-8-23-46(48)51-49(55)33-32-44-43-22-9-12-27-50(43)57-52(44)51/h1-35,45,53H. The highest BCUT2D eigenvalue weighted by Crippen LogP contribution is 2.47. The van der Waals surface area contributed by atoms with Crippen molar-refractivity contribution in [1.29, 1.82) is 0 Å². The van der Waals surface area contributed by atoms with E-state index in [1.54, 1.807) is 0 Å². The Kier molecular flexibility index (Phi) is 7.34. The van der Waals surface area contributed by atoms with Crippen LogP contribution in [0.1, 0.15) is 11.5 Å². The predicted octanol–water partition coefficient (Wildman–Crippen LogP) is 10.3. The van der Waals surface area contributed by atoms with E-state index in [0.717, 1.165) is 49.7 Å². The van der Waals surface area contributed by atoms with Crippen LogP contribution in [0, 0.1) is 0 Å². The van der Waals surface area contributed by atoms with Gasteiger partial charge in [0.1, 0.15) is 17.3 Å². The van der Waals surface area contributed by atoms with Crippen LogP contribution in [0.2, 0.25) is 0 Å². The monoisotopic (exact) mass is 759 g/mol. The first-order valence-electron chi connectivity index (χ1n) is 20.0. The Morgan fingerprint density at radius 2 is 1.17 bits per heavy atom. The number of dihydropyridines is 1. The normalized spacial score (nSPS) is 16.1. The molecule has 5 heteroatoms. The van der Waals surface area contributed by atoms with Gasteiger partial charge in [0, 0.05) is 45.4 Å². The molecular weight excluding hydrogens is 723 g/mol. The van der Waals surface area contributed by atoms with Crippen LogP contribution in [0.3, 0.4) is 0 Å². The molecule has 0 saturated carbocycles. The molecule has 0 fully saturated rings. The van der Waals surface area contributed by atoms with E-state index in [9.17, 15) is 0 Å². The average Bonchev–Trinajstić information content (AvgIpc) is 3.96. The minimum absolute atomic E-state index is 0.00203.